The number of ether oxygens (including phenoxy) is 3. The van der Waals surface area contributed by atoms with E-state index in [1.165, 1.54) is 0 Å². The second-order valence-corrected chi connectivity index (χ2v) is 6.05. The fourth-order valence-corrected chi connectivity index (χ4v) is 1.84. The van der Waals surface area contributed by atoms with E-state index >= 15 is 0 Å². The van der Waals surface area contributed by atoms with Crippen LogP contribution in [0.3, 0.4) is 0 Å². The number of halogens is 1. The van der Waals surface area contributed by atoms with Gasteiger partial charge in [0.15, 0.2) is 0 Å². The number of rotatable bonds is 10. The van der Waals surface area contributed by atoms with Gasteiger partial charge in [-0.1, -0.05) is 12.2 Å². The first kappa shape index (κ1) is 26.2. The Morgan fingerprint density at radius 3 is 2.12 bits per heavy atom. The number of methoxy groups -OCH3 is 1. The average Bonchev–Trinajstić information content (AvgIpc) is 2.53. The molecule has 1 rings (SSSR count). The molecule has 0 aromatic heterocycles. The van der Waals surface area contributed by atoms with Gasteiger partial charge in [-0.3, -0.25) is 0 Å². The molecule has 0 bridgehead atoms. The van der Waals surface area contributed by atoms with Gasteiger partial charge in [0.1, 0.15) is 17.1 Å². The van der Waals surface area contributed by atoms with Gasteiger partial charge in [0, 0.05) is 13.1 Å². The van der Waals surface area contributed by atoms with E-state index in [-0.39, 0.29) is 29.6 Å². The zero-order valence-electron chi connectivity index (χ0n) is 16.3. The van der Waals surface area contributed by atoms with Crippen LogP contribution in [0.1, 0.15) is 20.8 Å². The lowest BCUT2D eigenvalue weighted by atomic mass is 10.1. The predicted molar refractivity (Wildman–Crippen MR) is 118 cm³/mol. The van der Waals surface area contributed by atoms with E-state index in [0.717, 1.165) is 24.6 Å². The van der Waals surface area contributed by atoms with Gasteiger partial charge in [-0.05, 0) is 52.1 Å². The normalized spacial score (nSPS) is 10.2. The van der Waals surface area contributed by atoms with Crippen molar-refractivity contribution < 1.29 is 14.2 Å². The van der Waals surface area contributed by atoms with E-state index in [0.29, 0.717) is 13.2 Å². The van der Waals surface area contributed by atoms with Crippen LogP contribution in [-0.4, -0.2) is 51.0 Å². The molecule has 144 valence electrons. The third kappa shape index (κ3) is 13.9. The van der Waals surface area contributed by atoms with Crippen molar-refractivity contribution in [3.05, 3.63) is 49.6 Å². The maximum atomic E-state index is 5.95. The lowest BCUT2D eigenvalue weighted by molar-refractivity contribution is -0.00731. The fraction of sp³-hybridized carbons (Fsp3) is 0.500. The third-order valence-corrected chi connectivity index (χ3v) is 2.96. The van der Waals surface area contributed by atoms with Crippen LogP contribution >= 0.6 is 24.0 Å². The van der Waals surface area contributed by atoms with E-state index in [1.807, 2.05) is 58.2 Å². The Hall–Kier alpha value is -1.05. The van der Waals surface area contributed by atoms with Gasteiger partial charge in [0.2, 0.25) is 0 Å². The molecule has 0 saturated heterocycles. The highest BCUT2D eigenvalue weighted by Crippen LogP contribution is 2.21. The number of hydrogen-bond acceptors (Lipinski definition) is 4. The summed E-state index contributed by atoms with van der Waals surface area (Å²) in [6.07, 6.45) is 3.64. The topological polar surface area (TPSA) is 30.9 Å². The van der Waals surface area contributed by atoms with Crippen LogP contribution < -0.4 is 9.47 Å². The van der Waals surface area contributed by atoms with Gasteiger partial charge in [-0.2, -0.15) is 0 Å². The van der Waals surface area contributed by atoms with Crippen molar-refractivity contribution >= 4 is 24.0 Å². The molecule has 0 fully saturated rings. The minimum absolute atomic E-state index is 0. The zero-order valence-corrected chi connectivity index (χ0v) is 18.6. The molecule has 0 unspecified atom stereocenters. The molecule has 0 aliphatic rings. The number of benzene rings is 1. The minimum Gasteiger partial charge on any atom is -0.497 e. The standard InChI is InChI=1S/C17H27NO3.C3H6.HI/c1-6-11-18(4)12-13-20-14-17(2,3)21-16-9-7-15(19-5)8-10-16;1-3-2;/h6-10H,1,11-14H2,2-5H3;3H,1H2,2H3;1H. The molecule has 0 radical (unpaired) electrons. The maximum Gasteiger partial charge on any atom is 0.127 e. The number of nitrogens with zero attached hydrogens (tertiary/aromatic N) is 1. The summed E-state index contributed by atoms with van der Waals surface area (Å²) in [5.74, 6) is 1.63. The number of allylic oxidation sites excluding steroid dienone is 1. The molecular weight excluding hydrogens is 429 g/mol. The zero-order chi connectivity index (χ0) is 18.4. The highest BCUT2D eigenvalue weighted by atomic mass is 127. The Balaban J connectivity index is 0. The molecule has 0 N–H and O–H groups in total. The second kappa shape index (κ2) is 15.2. The van der Waals surface area contributed by atoms with E-state index in [4.69, 9.17) is 14.2 Å². The monoisotopic (exact) mass is 463 g/mol. The Kier molecular flexibility index (Phi) is 15.9. The largest absolute Gasteiger partial charge is 0.497 e. The van der Waals surface area contributed by atoms with Gasteiger partial charge < -0.3 is 19.1 Å². The Morgan fingerprint density at radius 1 is 1.12 bits per heavy atom. The molecule has 25 heavy (non-hydrogen) atoms. The third-order valence-electron chi connectivity index (χ3n) is 2.96. The van der Waals surface area contributed by atoms with Gasteiger partial charge in [-0.15, -0.1) is 37.1 Å². The lowest BCUT2D eigenvalue weighted by Gasteiger charge is -2.27. The molecule has 0 heterocycles. The van der Waals surface area contributed by atoms with E-state index in [1.54, 1.807) is 13.2 Å². The maximum absolute atomic E-state index is 5.95. The van der Waals surface area contributed by atoms with Crippen molar-refractivity contribution in [1.82, 2.24) is 4.90 Å². The minimum atomic E-state index is -0.369. The number of hydrogen-bond donors (Lipinski definition) is 0. The van der Waals surface area contributed by atoms with E-state index in [2.05, 4.69) is 18.1 Å². The highest BCUT2D eigenvalue weighted by molar-refractivity contribution is 14.0. The lowest BCUT2D eigenvalue weighted by Crippen LogP contribution is -2.35. The van der Waals surface area contributed by atoms with Crippen molar-refractivity contribution in [3.63, 3.8) is 0 Å². The van der Waals surface area contributed by atoms with Crippen LogP contribution in [0, 0.1) is 0 Å². The van der Waals surface area contributed by atoms with Crippen LogP contribution in [0.2, 0.25) is 0 Å². The summed E-state index contributed by atoms with van der Waals surface area (Å²) in [5, 5.41) is 0. The van der Waals surface area contributed by atoms with Crippen LogP contribution in [0.25, 0.3) is 0 Å². The summed E-state index contributed by atoms with van der Waals surface area (Å²) in [6, 6.07) is 7.57. The SMILES string of the molecule is C=CC.C=CCN(C)CCOCC(C)(C)Oc1ccc(OC)cc1.I. The Bertz CT molecular complexity index is 461. The van der Waals surface area contributed by atoms with Gasteiger partial charge in [0.25, 0.3) is 0 Å². The second-order valence-electron chi connectivity index (χ2n) is 6.05. The molecule has 0 saturated carbocycles. The summed E-state index contributed by atoms with van der Waals surface area (Å²) in [7, 11) is 3.70. The van der Waals surface area contributed by atoms with Crippen LogP contribution in [0.5, 0.6) is 11.5 Å². The molecule has 0 aliphatic heterocycles. The molecule has 5 heteroatoms. The number of likely N-dealkylation sites (N-methyl/N-ethyl adjacent to an activating group) is 1. The average molecular weight is 463 g/mol. The summed E-state index contributed by atoms with van der Waals surface area (Å²) in [6.45, 7) is 16.0. The van der Waals surface area contributed by atoms with E-state index in [9.17, 15) is 0 Å². The van der Waals surface area contributed by atoms with Crippen molar-refractivity contribution in [2.75, 3.05) is 40.5 Å². The first-order chi connectivity index (χ1) is 11.4. The Labute approximate surface area is 170 Å². The molecule has 0 amide bonds. The van der Waals surface area contributed by atoms with Crippen molar-refractivity contribution in [1.29, 1.82) is 0 Å². The van der Waals surface area contributed by atoms with Gasteiger partial charge >= 0.3 is 0 Å². The van der Waals surface area contributed by atoms with Gasteiger partial charge in [0.05, 0.1) is 20.3 Å². The highest BCUT2D eigenvalue weighted by Gasteiger charge is 2.20. The van der Waals surface area contributed by atoms with Crippen LogP contribution in [0.4, 0.5) is 0 Å². The molecule has 1 aromatic carbocycles. The first-order valence-corrected chi connectivity index (χ1v) is 8.15. The molecule has 4 nitrogen and oxygen atoms in total. The predicted octanol–water partition coefficient (Wildman–Crippen LogP) is 4.80. The molecule has 0 spiro atoms. The molecule has 0 aliphatic carbocycles. The summed E-state index contributed by atoms with van der Waals surface area (Å²) in [5.41, 5.74) is -0.369. The van der Waals surface area contributed by atoms with Gasteiger partial charge in [-0.25, -0.2) is 0 Å². The summed E-state index contributed by atoms with van der Waals surface area (Å²) in [4.78, 5) is 2.16. The Morgan fingerprint density at radius 2 is 1.64 bits per heavy atom. The summed E-state index contributed by atoms with van der Waals surface area (Å²) >= 11 is 0. The quantitative estimate of drug-likeness (QED) is 0.284. The van der Waals surface area contributed by atoms with Crippen molar-refractivity contribution in [2.24, 2.45) is 0 Å². The summed E-state index contributed by atoms with van der Waals surface area (Å²) < 4.78 is 16.8. The molecule has 1 aromatic rings. The van der Waals surface area contributed by atoms with Crippen LogP contribution in [0.15, 0.2) is 49.6 Å². The fourth-order valence-electron chi connectivity index (χ4n) is 1.84. The van der Waals surface area contributed by atoms with Crippen molar-refractivity contribution in [3.8, 4) is 11.5 Å². The first-order valence-electron chi connectivity index (χ1n) is 8.15. The van der Waals surface area contributed by atoms with Crippen LogP contribution in [-0.2, 0) is 4.74 Å². The van der Waals surface area contributed by atoms with Crippen molar-refractivity contribution in [2.45, 2.75) is 26.4 Å². The molecular formula is C20H34INO3. The molecule has 0 atom stereocenters. The smallest absolute Gasteiger partial charge is 0.127 e. The van der Waals surface area contributed by atoms with E-state index < -0.39 is 0 Å².